The lowest BCUT2D eigenvalue weighted by Gasteiger charge is -2.10. The molecule has 0 saturated carbocycles. The van der Waals surface area contributed by atoms with E-state index in [0.717, 1.165) is 18.4 Å². The van der Waals surface area contributed by atoms with Gasteiger partial charge in [0.2, 0.25) is 0 Å². The lowest BCUT2D eigenvalue weighted by Crippen LogP contribution is -2.22. The fraction of sp³-hybridized carbons (Fsp3) is 0.500. The highest BCUT2D eigenvalue weighted by Gasteiger charge is 2.06. The highest BCUT2D eigenvalue weighted by molar-refractivity contribution is 6.31. The van der Waals surface area contributed by atoms with Crippen LogP contribution < -0.4 is 5.32 Å². The fourth-order valence-corrected chi connectivity index (χ4v) is 1.98. The van der Waals surface area contributed by atoms with E-state index in [-0.39, 0.29) is 16.2 Å². The summed E-state index contributed by atoms with van der Waals surface area (Å²) in [6.45, 7) is 3.35. The van der Waals surface area contributed by atoms with Crippen LogP contribution in [0.2, 0.25) is 5.02 Å². The maximum absolute atomic E-state index is 13.1. The van der Waals surface area contributed by atoms with Gasteiger partial charge in [0.1, 0.15) is 5.82 Å². The van der Waals surface area contributed by atoms with Crippen LogP contribution in [-0.2, 0) is 6.54 Å². The number of hydrogen-bond acceptors (Lipinski definition) is 1. The predicted octanol–water partition coefficient (Wildman–Crippen LogP) is 3.98. The smallest absolute Gasteiger partial charge is 0.142 e. The van der Waals surface area contributed by atoms with Crippen molar-refractivity contribution in [3.05, 3.63) is 34.6 Å². The van der Waals surface area contributed by atoms with Gasteiger partial charge in [0.05, 0.1) is 5.02 Å². The number of alkyl halides is 1. The molecule has 0 aliphatic rings. The van der Waals surface area contributed by atoms with Crippen molar-refractivity contribution in [1.29, 1.82) is 0 Å². The average Bonchev–Trinajstić information content (AvgIpc) is 2.25. The van der Waals surface area contributed by atoms with Gasteiger partial charge in [-0.25, -0.2) is 4.39 Å². The Morgan fingerprint density at radius 1 is 1.44 bits per heavy atom. The highest BCUT2D eigenvalue weighted by atomic mass is 35.5. The van der Waals surface area contributed by atoms with Crippen LogP contribution in [0.25, 0.3) is 0 Å². The van der Waals surface area contributed by atoms with E-state index in [9.17, 15) is 4.39 Å². The van der Waals surface area contributed by atoms with Crippen LogP contribution in [0.15, 0.2) is 18.2 Å². The number of halogens is 3. The summed E-state index contributed by atoms with van der Waals surface area (Å²) in [7, 11) is 0. The molecular weight excluding hydrogens is 248 g/mol. The van der Waals surface area contributed by atoms with Crippen molar-refractivity contribution in [1.82, 2.24) is 5.32 Å². The van der Waals surface area contributed by atoms with Crippen molar-refractivity contribution in [3.63, 3.8) is 0 Å². The molecule has 0 amide bonds. The van der Waals surface area contributed by atoms with E-state index in [2.05, 4.69) is 12.2 Å². The Hall–Kier alpha value is -0.310. The molecule has 0 aromatic heterocycles. The van der Waals surface area contributed by atoms with Crippen molar-refractivity contribution in [3.8, 4) is 0 Å². The van der Waals surface area contributed by atoms with Crippen molar-refractivity contribution in [2.45, 2.75) is 31.7 Å². The third-order valence-corrected chi connectivity index (χ3v) is 3.11. The minimum absolute atomic E-state index is 0.123. The number of rotatable bonds is 6. The van der Waals surface area contributed by atoms with E-state index in [1.54, 1.807) is 6.07 Å². The van der Waals surface area contributed by atoms with Crippen LogP contribution in [0.4, 0.5) is 4.39 Å². The zero-order valence-electron chi connectivity index (χ0n) is 9.27. The van der Waals surface area contributed by atoms with E-state index >= 15 is 0 Å². The monoisotopic (exact) mass is 263 g/mol. The molecule has 90 valence electrons. The molecule has 0 fully saturated rings. The van der Waals surface area contributed by atoms with Gasteiger partial charge >= 0.3 is 0 Å². The molecule has 0 heterocycles. The first-order valence-corrected chi connectivity index (χ1v) is 6.24. The average molecular weight is 264 g/mol. The lowest BCUT2D eigenvalue weighted by atomic mass is 10.2. The Morgan fingerprint density at radius 3 is 2.88 bits per heavy atom. The molecule has 4 heteroatoms. The van der Waals surface area contributed by atoms with Gasteiger partial charge in [0.15, 0.2) is 0 Å². The molecule has 16 heavy (non-hydrogen) atoms. The second kappa shape index (κ2) is 7.10. The zero-order valence-corrected chi connectivity index (χ0v) is 10.8. The van der Waals surface area contributed by atoms with E-state index < -0.39 is 0 Å². The van der Waals surface area contributed by atoms with Crippen molar-refractivity contribution in [2.24, 2.45) is 0 Å². The largest absolute Gasteiger partial charge is 0.311 e. The van der Waals surface area contributed by atoms with Crippen LogP contribution in [-0.4, -0.2) is 11.9 Å². The van der Waals surface area contributed by atoms with Crippen LogP contribution in [0.5, 0.6) is 0 Å². The summed E-state index contributed by atoms with van der Waals surface area (Å²) >= 11 is 11.9. The van der Waals surface area contributed by atoms with Gasteiger partial charge in [-0.2, -0.15) is 0 Å². The molecule has 1 aromatic rings. The Bertz CT molecular complexity index is 331. The van der Waals surface area contributed by atoms with Gasteiger partial charge in [-0.3, -0.25) is 0 Å². The topological polar surface area (TPSA) is 12.0 Å². The van der Waals surface area contributed by atoms with E-state index in [0.29, 0.717) is 13.1 Å². The SMILES string of the molecule is CCCC(Cl)CNCc1cccc(F)c1Cl. The minimum atomic E-state index is -0.378. The molecule has 0 spiro atoms. The molecular formula is C12H16Cl2FN. The highest BCUT2D eigenvalue weighted by Crippen LogP contribution is 2.19. The van der Waals surface area contributed by atoms with Crippen molar-refractivity contribution in [2.75, 3.05) is 6.54 Å². The molecule has 0 aliphatic heterocycles. The summed E-state index contributed by atoms with van der Waals surface area (Å²) in [5.74, 6) is -0.378. The van der Waals surface area contributed by atoms with Crippen molar-refractivity contribution >= 4 is 23.2 Å². The molecule has 1 aromatic carbocycles. The molecule has 0 aliphatic carbocycles. The summed E-state index contributed by atoms with van der Waals surface area (Å²) in [4.78, 5) is 0. The molecule has 1 nitrogen and oxygen atoms in total. The van der Waals surface area contributed by atoms with Gasteiger partial charge < -0.3 is 5.32 Å². The van der Waals surface area contributed by atoms with Crippen LogP contribution in [0.3, 0.4) is 0 Å². The first kappa shape index (κ1) is 13.8. The summed E-state index contributed by atoms with van der Waals surface area (Å²) in [6, 6.07) is 4.82. The van der Waals surface area contributed by atoms with Crippen LogP contribution >= 0.6 is 23.2 Å². The third-order valence-electron chi connectivity index (χ3n) is 2.31. The van der Waals surface area contributed by atoms with Gasteiger partial charge in [0, 0.05) is 18.5 Å². The van der Waals surface area contributed by atoms with Gasteiger partial charge in [-0.05, 0) is 18.1 Å². The third kappa shape index (κ3) is 4.28. The van der Waals surface area contributed by atoms with Crippen LogP contribution in [0, 0.1) is 5.82 Å². The maximum atomic E-state index is 13.1. The molecule has 1 atom stereocenters. The number of hydrogen-bond donors (Lipinski definition) is 1. The van der Waals surface area contributed by atoms with E-state index in [1.165, 1.54) is 6.07 Å². The van der Waals surface area contributed by atoms with Gasteiger partial charge in [0.25, 0.3) is 0 Å². The zero-order chi connectivity index (χ0) is 12.0. The Morgan fingerprint density at radius 2 is 2.19 bits per heavy atom. The second-order valence-corrected chi connectivity index (χ2v) is 4.72. The standard InChI is InChI=1S/C12H16Cl2FN/c1-2-4-10(13)8-16-7-9-5-3-6-11(15)12(9)14/h3,5-6,10,16H,2,4,7-8H2,1H3. The van der Waals surface area contributed by atoms with E-state index in [1.807, 2.05) is 6.07 Å². The van der Waals surface area contributed by atoms with Gasteiger partial charge in [-0.15, -0.1) is 11.6 Å². The molecule has 1 rings (SSSR count). The first-order valence-electron chi connectivity index (χ1n) is 5.42. The number of benzene rings is 1. The lowest BCUT2D eigenvalue weighted by molar-refractivity contribution is 0.609. The molecule has 0 saturated heterocycles. The van der Waals surface area contributed by atoms with Crippen LogP contribution in [0.1, 0.15) is 25.3 Å². The maximum Gasteiger partial charge on any atom is 0.142 e. The second-order valence-electron chi connectivity index (χ2n) is 3.73. The molecule has 0 bridgehead atoms. The number of nitrogens with one attached hydrogen (secondary N) is 1. The summed E-state index contributed by atoms with van der Waals surface area (Å²) in [6.07, 6.45) is 2.04. The summed E-state index contributed by atoms with van der Waals surface area (Å²) in [5.41, 5.74) is 0.766. The summed E-state index contributed by atoms with van der Waals surface area (Å²) < 4.78 is 13.1. The summed E-state index contributed by atoms with van der Waals surface area (Å²) in [5, 5.41) is 3.49. The normalized spacial score (nSPS) is 12.8. The fourth-order valence-electron chi connectivity index (χ4n) is 1.46. The molecule has 1 N–H and O–H groups in total. The van der Waals surface area contributed by atoms with Crippen molar-refractivity contribution < 1.29 is 4.39 Å². The van der Waals surface area contributed by atoms with E-state index in [4.69, 9.17) is 23.2 Å². The first-order chi connectivity index (χ1) is 7.65. The molecule has 1 unspecified atom stereocenters. The predicted molar refractivity (Wildman–Crippen MR) is 67.7 cm³/mol. The Balaban J connectivity index is 2.40. The minimum Gasteiger partial charge on any atom is -0.311 e. The molecule has 0 radical (unpaired) electrons. The Labute approximate surface area is 106 Å². The van der Waals surface area contributed by atoms with Gasteiger partial charge in [-0.1, -0.05) is 37.1 Å². The Kier molecular flexibility index (Phi) is 6.10. The quantitative estimate of drug-likeness (QED) is 0.766.